The van der Waals surface area contributed by atoms with Crippen molar-refractivity contribution in [3.63, 3.8) is 0 Å². The largest absolute Gasteiger partial charge is 0.481 e. The first kappa shape index (κ1) is 18.5. The van der Waals surface area contributed by atoms with E-state index < -0.39 is 5.97 Å². The molecule has 0 aromatic carbocycles. The Hall–Kier alpha value is -0.570. The van der Waals surface area contributed by atoms with Gasteiger partial charge < -0.3 is 10.0 Å². The summed E-state index contributed by atoms with van der Waals surface area (Å²) in [5.74, 6) is 0.225. The predicted octanol–water partition coefficient (Wildman–Crippen LogP) is 4.56. The van der Waals surface area contributed by atoms with Crippen molar-refractivity contribution < 1.29 is 9.90 Å². The Labute approximate surface area is 131 Å². The van der Waals surface area contributed by atoms with E-state index in [2.05, 4.69) is 25.7 Å². The fraction of sp³-hybridized carbons (Fsp3) is 0.944. The normalized spacial score (nSPS) is 22.9. The van der Waals surface area contributed by atoms with Gasteiger partial charge in [-0.05, 0) is 44.6 Å². The van der Waals surface area contributed by atoms with Crippen LogP contribution < -0.4 is 0 Å². The molecule has 1 N–H and O–H groups in total. The zero-order valence-electron chi connectivity index (χ0n) is 14.3. The van der Waals surface area contributed by atoms with E-state index in [0.717, 1.165) is 6.54 Å². The Kier molecular flexibility index (Phi) is 8.98. The van der Waals surface area contributed by atoms with Gasteiger partial charge in [-0.3, -0.25) is 4.79 Å². The Morgan fingerprint density at radius 3 is 2.62 bits per heavy atom. The second kappa shape index (κ2) is 10.2. The van der Waals surface area contributed by atoms with Crippen molar-refractivity contribution in [2.45, 2.75) is 84.6 Å². The minimum Gasteiger partial charge on any atom is -0.481 e. The number of nitrogens with zero attached hydrogens (tertiary/aromatic N) is 1. The van der Waals surface area contributed by atoms with Crippen molar-refractivity contribution in [3.05, 3.63) is 0 Å². The van der Waals surface area contributed by atoms with Crippen LogP contribution in [0.3, 0.4) is 0 Å². The Balaban J connectivity index is 2.28. The fourth-order valence-corrected chi connectivity index (χ4v) is 3.57. The summed E-state index contributed by atoms with van der Waals surface area (Å²) in [5.41, 5.74) is 0. The third-order valence-corrected chi connectivity index (χ3v) is 5.14. The lowest BCUT2D eigenvalue weighted by Crippen LogP contribution is -2.43. The maximum absolute atomic E-state index is 10.9. The van der Waals surface area contributed by atoms with Crippen LogP contribution in [0.1, 0.15) is 78.6 Å². The van der Waals surface area contributed by atoms with E-state index in [1.54, 1.807) is 0 Å². The van der Waals surface area contributed by atoms with Crippen LogP contribution in [0.15, 0.2) is 0 Å². The molecule has 0 aliphatic carbocycles. The number of carboxylic acid groups (broad SMARTS) is 1. The predicted molar refractivity (Wildman–Crippen MR) is 88.6 cm³/mol. The van der Waals surface area contributed by atoms with Crippen molar-refractivity contribution in [1.82, 2.24) is 4.90 Å². The van der Waals surface area contributed by atoms with Gasteiger partial charge in [-0.2, -0.15) is 0 Å². The van der Waals surface area contributed by atoms with E-state index in [1.807, 2.05) is 0 Å². The van der Waals surface area contributed by atoms with Crippen LogP contribution in [-0.4, -0.2) is 35.1 Å². The summed E-state index contributed by atoms with van der Waals surface area (Å²) in [6.07, 6.45) is 10.8. The minimum atomic E-state index is -0.649. The number of carboxylic acids is 1. The smallest absolute Gasteiger partial charge is 0.303 e. The molecule has 3 nitrogen and oxygen atoms in total. The van der Waals surface area contributed by atoms with Gasteiger partial charge in [0.2, 0.25) is 0 Å². The molecule has 3 atom stereocenters. The molecule has 1 aliphatic heterocycles. The molecule has 0 spiro atoms. The summed E-state index contributed by atoms with van der Waals surface area (Å²) in [6.45, 7) is 9.02. The summed E-state index contributed by atoms with van der Waals surface area (Å²) in [4.78, 5) is 13.5. The van der Waals surface area contributed by atoms with E-state index in [0.29, 0.717) is 24.3 Å². The molecule has 124 valence electrons. The highest BCUT2D eigenvalue weighted by Gasteiger charge is 2.27. The Morgan fingerprint density at radius 2 is 1.95 bits per heavy atom. The molecule has 0 saturated carbocycles. The summed E-state index contributed by atoms with van der Waals surface area (Å²) < 4.78 is 0. The van der Waals surface area contributed by atoms with Gasteiger partial charge in [-0.15, -0.1) is 0 Å². The van der Waals surface area contributed by atoms with Crippen molar-refractivity contribution in [1.29, 1.82) is 0 Å². The van der Waals surface area contributed by atoms with Crippen molar-refractivity contribution in [3.8, 4) is 0 Å². The number of rotatable bonds is 10. The van der Waals surface area contributed by atoms with E-state index >= 15 is 0 Å². The molecule has 3 heteroatoms. The quantitative estimate of drug-likeness (QED) is 0.601. The summed E-state index contributed by atoms with van der Waals surface area (Å²) >= 11 is 0. The zero-order chi connectivity index (χ0) is 15.7. The number of piperidine rings is 1. The first-order valence-corrected chi connectivity index (χ1v) is 9.00. The first-order valence-electron chi connectivity index (χ1n) is 9.00. The number of hydrogen-bond donors (Lipinski definition) is 1. The van der Waals surface area contributed by atoms with Crippen molar-refractivity contribution >= 4 is 5.97 Å². The molecule has 0 amide bonds. The third-order valence-electron chi connectivity index (χ3n) is 5.14. The molecule has 1 aliphatic rings. The Morgan fingerprint density at radius 1 is 1.24 bits per heavy atom. The van der Waals surface area contributed by atoms with Crippen LogP contribution in [-0.2, 0) is 4.79 Å². The van der Waals surface area contributed by atoms with Gasteiger partial charge in [-0.1, -0.05) is 46.0 Å². The topological polar surface area (TPSA) is 40.5 Å². The molecule has 0 bridgehead atoms. The Bertz CT molecular complexity index is 293. The number of unbranched alkanes of at least 4 members (excludes halogenated alkanes) is 4. The minimum absolute atomic E-state index is 0.307. The average Bonchev–Trinajstić information content (AvgIpc) is 2.46. The van der Waals surface area contributed by atoms with E-state index in [9.17, 15) is 4.79 Å². The van der Waals surface area contributed by atoms with Gasteiger partial charge in [0.1, 0.15) is 0 Å². The molecule has 1 heterocycles. The van der Waals surface area contributed by atoms with Gasteiger partial charge in [-0.25, -0.2) is 0 Å². The molecule has 0 aromatic heterocycles. The lowest BCUT2D eigenvalue weighted by atomic mass is 9.84. The molecule has 3 unspecified atom stereocenters. The second-order valence-corrected chi connectivity index (χ2v) is 7.02. The lowest BCUT2D eigenvalue weighted by molar-refractivity contribution is -0.138. The van der Waals surface area contributed by atoms with Crippen LogP contribution in [0, 0.1) is 11.8 Å². The number of carbonyl (C=O) groups is 1. The van der Waals surface area contributed by atoms with E-state index in [-0.39, 0.29) is 0 Å². The molecule has 1 saturated heterocycles. The van der Waals surface area contributed by atoms with Crippen LogP contribution in [0.4, 0.5) is 0 Å². The molecule has 1 rings (SSSR count). The zero-order valence-corrected chi connectivity index (χ0v) is 14.3. The molecular formula is C18H35NO2. The first-order chi connectivity index (χ1) is 10.0. The van der Waals surface area contributed by atoms with Crippen LogP contribution in [0.5, 0.6) is 0 Å². The van der Waals surface area contributed by atoms with E-state index in [1.165, 1.54) is 57.9 Å². The van der Waals surface area contributed by atoms with Crippen LogP contribution in [0.25, 0.3) is 0 Å². The molecular weight excluding hydrogens is 262 g/mol. The van der Waals surface area contributed by atoms with Crippen LogP contribution in [0.2, 0.25) is 0 Å². The second-order valence-electron chi connectivity index (χ2n) is 7.02. The summed E-state index contributed by atoms with van der Waals surface area (Å²) in [7, 11) is 0. The highest BCUT2D eigenvalue weighted by atomic mass is 16.4. The standard InChI is InChI=1S/C18H35NO2/c1-4-5-6-7-8-10-16(3)19-12-9-11-17(14-19)15(2)13-18(20)21/h15-17H,4-14H2,1-3H3,(H,20,21). The number of likely N-dealkylation sites (tertiary alicyclic amines) is 1. The van der Waals surface area contributed by atoms with Gasteiger partial charge in [0.25, 0.3) is 0 Å². The molecule has 0 aromatic rings. The number of aliphatic carboxylic acids is 1. The summed E-state index contributed by atoms with van der Waals surface area (Å²) in [6, 6.07) is 0.659. The van der Waals surface area contributed by atoms with Gasteiger partial charge >= 0.3 is 5.97 Å². The van der Waals surface area contributed by atoms with Crippen LogP contribution >= 0.6 is 0 Å². The highest BCUT2D eigenvalue weighted by Crippen LogP contribution is 2.28. The third kappa shape index (κ3) is 7.30. The highest BCUT2D eigenvalue weighted by molar-refractivity contribution is 5.67. The fourth-order valence-electron chi connectivity index (χ4n) is 3.57. The molecule has 1 fully saturated rings. The van der Waals surface area contributed by atoms with Gasteiger partial charge in [0, 0.05) is 19.0 Å². The van der Waals surface area contributed by atoms with Crippen molar-refractivity contribution in [2.75, 3.05) is 13.1 Å². The van der Waals surface area contributed by atoms with Gasteiger partial charge in [0.15, 0.2) is 0 Å². The molecule has 0 radical (unpaired) electrons. The number of hydrogen-bond acceptors (Lipinski definition) is 2. The van der Waals surface area contributed by atoms with E-state index in [4.69, 9.17) is 5.11 Å². The average molecular weight is 297 g/mol. The SMILES string of the molecule is CCCCCCCC(C)N1CCCC(C(C)CC(=O)O)C1. The molecule has 21 heavy (non-hydrogen) atoms. The monoisotopic (exact) mass is 297 g/mol. The van der Waals surface area contributed by atoms with Crippen molar-refractivity contribution in [2.24, 2.45) is 11.8 Å². The maximum atomic E-state index is 10.9. The lowest BCUT2D eigenvalue weighted by Gasteiger charge is -2.39. The van der Waals surface area contributed by atoms with Gasteiger partial charge in [0.05, 0.1) is 0 Å². The maximum Gasteiger partial charge on any atom is 0.303 e. The summed E-state index contributed by atoms with van der Waals surface area (Å²) in [5, 5.41) is 8.96.